The normalized spacial score (nSPS) is 10.7. The van der Waals surface area contributed by atoms with Gasteiger partial charge < -0.3 is 10.1 Å². The maximum atomic E-state index is 12.6. The molecule has 1 amide bonds. The van der Waals surface area contributed by atoms with Gasteiger partial charge in [-0.3, -0.25) is 4.79 Å². The number of carbonyl (C=O) groups excluding carboxylic acids is 1. The van der Waals surface area contributed by atoms with Gasteiger partial charge in [0.15, 0.2) is 0 Å². The van der Waals surface area contributed by atoms with Crippen molar-refractivity contribution in [3.63, 3.8) is 0 Å². The molecule has 1 heterocycles. The van der Waals surface area contributed by atoms with Crippen LogP contribution in [0.3, 0.4) is 0 Å². The number of benzene rings is 2. The number of ether oxygens (including phenoxy) is 1. The van der Waals surface area contributed by atoms with Gasteiger partial charge in [0.2, 0.25) is 0 Å². The number of hydrogen-bond acceptors (Lipinski definition) is 4. The minimum Gasteiger partial charge on any atom is -0.489 e. The van der Waals surface area contributed by atoms with Gasteiger partial charge in [0.1, 0.15) is 17.4 Å². The van der Waals surface area contributed by atoms with E-state index >= 15 is 0 Å². The van der Waals surface area contributed by atoms with E-state index < -0.39 is 11.7 Å². The molecular weight excluding hydrogens is 394 g/mol. The topological polar surface area (TPSA) is 51.2 Å². The van der Waals surface area contributed by atoms with E-state index in [4.69, 9.17) is 4.74 Å². The molecule has 7 heteroatoms. The lowest BCUT2D eigenvalue weighted by molar-refractivity contribution is 0.0950. The number of pyridine rings is 1. The lowest BCUT2D eigenvalue weighted by atomic mass is 10.1. The van der Waals surface area contributed by atoms with Crippen molar-refractivity contribution >= 4 is 17.7 Å². The van der Waals surface area contributed by atoms with E-state index in [1.165, 1.54) is 12.3 Å². The van der Waals surface area contributed by atoms with Gasteiger partial charge in [-0.1, -0.05) is 42.5 Å². The molecule has 1 N–H and O–H groups in total. The average molecular weight is 414 g/mol. The van der Waals surface area contributed by atoms with Crippen molar-refractivity contribution < 1.29 is 18.3 Å². The molecule has 0 spiro atoms. The van der Waals surface area contributed by atoms with E-state index in [2.05, 4.69) is 10.3 Å². The molecule has 4 nitrogen and oxygen atoms in total. The molecule has 3 rings (SSSR count). The second-order valence-electron chi connectivity index (χ2n) is 6.16. The van der Waals surface area contributed by atoms with E-state index in [1.54, 1.807) is 6.07 Å². The number of nitrogens with zero attached hydrogens (tertiary/aromatic N) is 1. The van der Waals surface area contributed by atoms with Crippen LogP contribution in [0.2, 0.25) is 0 Å². The first-order chi connectivity index (χ1) is 14.1. The van der Waals surface area contributed by atoms with Crippen LogP contribution < -0.4 is 10.1 Å². The van der Waals surface area contributed by atoms with E-state index in [1.807, 2.05) is 54.6 Å². The summed E-state index contributed by atoms with van der Waals surface area (Å²) >= 11 is 0.269. The predicted molar refractivity (Wildman–Crippen MR) is 109 cm³/mol. The standard InChI is InChI=1S/C22H20F2N2O2S/c23-22(24)29-21-19(7-4-13-26-21)20(27)25-14-12-16-8-10-18(11-9-16)28-15-17-5-2-1-3-6-17/h1-11,13,22H,12,14-15H2,(H,25,27). The lowest BCUT2D eigenvalue weighted by Gasteiger charge is -2.10. The van der Waals surface area contributed by atoms with Gasteiger partial charge in [-0.05, 0) is 53.6 Å². The fourth-order valence-corrected chi connectivity index (χ4v) is 3.23. The van der Waals surface area contributed by atoms with Crippen molar-refractivity contribution in [1.82, 2.24) is 10.3 Å². The Bertz CT molecular complexity index is 922. The summed E-state index contributed by atoms with van der Waals surface area (Å²) in [6.07, 6.45) is 2.01. The van der Waals surface area contributed by atoms with Gasteiger partial charge >= 0.3 is 0 Å². The summed E-state index contributed by atoms with van der Waals surface area (Å²) in [5, 5.41) is 2.78. The Hall–Kier alpha value is -2.93. The van der Waals surface area contributed by atoms with Crippen LogP contribution >= 0.6 is 11.8 Å². The quantitative estimate of drug-likeness (QED) is 0.504. The first-order valence-electron chi connectivity index (χ1n) is 9.05. The van der Waals surface area contributed by atoms with Crippen LogP contribution in [-0.2, 0) is 13.0 Å². The van der Waals surface area contributed by atoms with Crippen LogP contribution in [0.25, 0.3) is 0 Å². The highest BCUT2D eigenvalue weighted by atomic mass is 32.2. The number of carbonyl (C=O) groups is 1. The number of thioether (sulfide) groups is 1. The Morgan fingerprint density at radius 3 is 2.48 bits per heavy atom. The molecule has 0 atom stereocenters. The molecule has 0 aliphatic carbocycles. The Morgan fingerprint density at radius 1 is 1.00 bits per heavy atom. The van der Waals surface area contributed by atoms with Crippen LogP contribution in [0.15, 0.2) is 78.0 Å². The second kappa shape index (κ2) is 10.6. The number of alkyl halides is 2. The summed E-state index contributed by atoms with van der Waals surface area (Å²) in [5.74, 6) is -2.27. The van der Waals surface area contributed by atoms with Crippen LogP contribution in [0.4, 0.5) is 8.78 Å². The Balaban J connectivity index is 1.47. The second-order valence-corrected chi connectivity index (χ2v) is 7.14. The highest BCUT2D eigenvalue weighted by Gasteiger charge is 2.16. The number of aromatic nitrogens is 1. The molecule has 0 saturated heterocycles. The molecule has 0 saturated carbocycles. The van der Waals surface area contributed by atoms with Crippen LogP contribution in [0, 0.1) is 0 Å². The average Bonchev–Trinajstić information content (AvgIpc) is 2.74. The summed E-state index contributed by atoms with van der Waals surface area (Å²) in [7, 11) is 0. The van der Waals surface area contributed by atoms with Crippen molar-refractivity contribution in [3.05, 3.63) is 89.6 Å². The van der Waals surface area contributed by atoms with Crippen molar-refractivity contribution in [3.8, 4) is 5.75 Å². The van der Waals surface area contributed by atoms with Crippen molar-refractivity contribution in [2.24, 2.45) is 0 Å². The smallest absolute Gasteiger partial charge is 0.290 e. The van der Waals surface area contributed by atoms with Gasteiger partial charge in [0.05, 0.1) is 5.56 Å². The maximum Gasteiger partial charge on any atom is 0.290 e. The minimum absolute atomic E-state index is 0.0277. The fraction of sp³-hybridized carbons (Fsp3) is 0.182. The zero-order valence-corrected chi connectivity index (χ0v) is 16.4. The lowest BCUT2D eigenvalue weighted by Crippen LogP contribution is -2.26. The molecule has 0 aliphatic heterocycles. The fourth-order valence-electron chi connectivity index (χ4n) is 2.65. The molecule has 0 radical (unpaired) electrons. The molecule has 2 aromatic carbocycles. The summed E-state index contributed by atoms with van der Waals surface area (Å²) in [4.78, 5) is 16.1. The summed E-state index contributed by atoms with van der Waals surface area (Å²) < 4.78 is 31.0. The third kappa shape index (κ3) is 6.57. The first-order valence-corrected chi connectivity index (χ1v) is 9.93. The van der Waals surface area contributed by atoms with Crippen molar-refractivity contribution in [2.75, 3.05) is 6.54 Å². The third-order valence-electron chi connectivity index (χ3n) is 4.09. The number of amides is 1. The van der Waals surface area contributed by atoms with Gasteiger partial charge in [-0.2, -0.15) is 8.78 Å². The Morgan fingerprint density at radius 2 is 1.76 bits per heavy atom. The molecule has 29 heavy (non-hydrogen) atoms. The highest BCUT2D eigenvalue weighted by molar-refractivity contribution is 7.99. The van der Waals surface area contributed by atoms with Crippen LogP contribution in [0.1, 0.15) is 21.5 Å². The molecule has 0 unspecified atom stereocenters. The molecule has 0 fully saturated rings. The highest BCUT2D eigenvalue weighted by Crippen LogP contribution is 2.26. The molecule has 0 aliphatic rings. The molecule has 0 bridgehead atoms. The van der Waals surface area contributed by atoms with E-state index in [0.29, 0.717) is 19.6 Å². The van der Waals surface area contributed by atoms with E-state index in [0.717, 1.165) is 16.9 Å². The van der Waals surface area contributed by atoms with Crippen LogP contribution in [-0.4, -0.2) is 23.2 Å². The Kier molecular flexibility index (Phi) is 7.58. The van der Waals surface area contributed by atoms with Gasteiger partial charge in [0.25, 0.3) is 11.7 Å². The van der Waals surface area contributed by atoms with Crippen molar-refractivity contribution in [2.45, 2.75) is 23.8 Å². The minimum atomic E-state index is -2.63. The monoisotopic (exact) mass is 414 g/mol. The van der Waals surface area contributed by atoms with Gasteiger partial charge in [0, 0.05) is 12.7 Å². The van der Waals surface area contributed by atoms with Gasteiger partial charge in [-0.15, -0.1) is 0 Å². The summed E-state index contributed by atoms with van der Waals surface area (Å²) in [6.45, 7) is 0.886. The molecular formula is C22H20F2N2O2S. The summed E-state index contributed by atoms with van der Waals surface area (Å²) in [6, 6.07) is 20.6. The zero-order chi connectivity index (χ0) is 20.5. The first kappa shape index (κ1) is 20.8. The molecule has 3 aromatic rings. The van der Waals surface area contributed by atoms with Crippen LogP contribution in [0.5, 0.6) is 5.75 Å². The predicted octanol–water partition coefficient (Wildman–Crippen LogP) is 4.95. The third-order valence-corrected chi connectivity index (χ3v) is 4.81. The zero-order valence-electron chi connectivity index (χ0n) is 15.6. The molecule has 1 aromatic heterocycles. The number of nitrogens with one attached hydrogen (secondary N) is 1. The van der Waals surface area contributed by atoms with E-state index in [-0.39, 0.29) is 22.4 Å². The van der Waals surface area contributed by atoms with Gasteiger partial charge in [-0.25, -0.2) is 4.98 Å². The largest absolute Gasteiger partial charge is 0.489 e. The maximum absolute atomic E-state index is 12.6. The number of halogens is 2. The van der Waals surface area contributed by atoms with Crippen molar-refractivity contribution in [1.29, 1.82) is 0 Å². The number of hydrogen-bond donors (Lipinski definition) is 1. The molecule has 150 valence electrons. The number of rotatable bonds is 9. The Labute approximate surface area is 172 Å². The summed E-state index contributed by atoms with van der Waals surface area (Å²) in [5.41, 5.74) is 2.28. The van der Waals surface area contributed by atoms with E-state index in [9.17, 15) is 13.6 Å². The SMILES string of the molecule is O=C(NCCc1ccc(OCc2ccccc2)cc1)c1cccnc1SC(F)F.